The van der Waals surface area contributed by atoms with Crippen LogP contribution in [0.25, 0.3) is 10.9 Å². The minimum Gasteiger partial charge on any atom is -0.497 e. The van der Waals surface area contributed by atoms with Gasteiger partial charge in [-0.15, -0.1) is 0 Å². The molecule has 2 N–H and O–H groups in total. The summed E-state index contributed by atoms with van der Waals surface area (Å²) in [5.74, 6) is 0.833. The Morgan fingerprint density at radius 2 is 2.36 bits per heavy atom. The van der Waals surface area contributed by atoms with Gasteiger partial charge < -0.3 is 10.1 Å². The van der Waals surface area contributed by atoms with Gasteiger partial charge in [0.2, 0.25) is 0 Å². The summed E-state index contributed by atoms with van der Waals surface area (Å²) < 4.78 is 5.12. The fourth-order valence-electron chi connectivity index (χ4n) is 1.49. The lowest BCUT2D eigenvalue weighted by molar-refractivity contribution is 0.415. The van der Waals surface area contributed by atoms with Gasteiger partial charge in [-0.05, 0) is 19.2 Å². The van der Waals surface area contributed by atoms with Crippen LogP contribution in [0.1, 0.15) is 5.69 Å². The molecule has 1 aromatic heterocycles. The van der Waals surface area contributed by atoms with E-state index in [4.69, 9.17) is 4.74 Å². The third kappa shape index (κ3) is 1.44. The van der Waals surface area contributed by atoms with Gasteiger partial charge in [0.1, 0.15) is 5.75 Å². The zero-order valence-corrected chi connectivity index (χ0v) is 8.29. The standard InChI is InChI=1S/C10H13N3O/c1-11-6-10-8-4-3-7(14-2)5-9(8)12-13-10/h3-5,11H,6H2,1-2H3,(H,12,13). The summed E-state index contributed by atoms with van der Waals surface area (Å²) in [5.41, 5.74) is 2.04. The molecule has 0 fully saturated rings. The largest absolute Gasteiger partial charge is 0.497 e. The molecule has 0 spiro atoms. The molecule has 0 unspecified atom stereocenters. The van der Waals surface area contributed by atoms with Crippen molar-refractivity contribution < 1.29 is 4.74 Å². The number of aromatic nitrogens is 2. The number of ether oxygens (including phenoxy) is 1. The second kappa shape index (κ2) is 3.67. The number of hydrogen-bond acceptors (Lipinski definition) is 3. The number of methoxy groups -OCH3 is 1. The Hall–Kier alpha value is -1.55. The number of hydrogen-bond donors (Lipinski definition) is 2. The summed E-state index contributed by atoms with van der Waals surface area (Å²) in [6.45, 7) is 0.794. The van der Waals surface area contributed by atoms with E-state index in [1.807, 2.05) is 25.2 Å². The first-order valence-electron chi connectivity index (χ1n) is 4.50. The summed E-state index contributed by atoms with van der Waals surface area (Å²) in [5, 5.41) is 11.4. The maximum Gasteiger partial charge on any atom is 0.121 e. The van der Waals surface area contributed by atoms with E-state index in [2.05, 4.69) is 15.5 Å². The highest BCUT2D eigenvalue weighted by atomic mass is 16.5. The molecule has 1 aromatic carbocycles. The van der Waals surface area contributed by atoms with Crippen LogP contribution < -0.4 is 10.1 Å². The molecule has 0 radical (unpaired) electrons. The highest BCUT2D eigenvalue weighted by Gasteiger charge is 2.04. The minimum atomic E-state index is 0.794. The molecule has 0 aliphatic rings. The molecule has 74 valence electrons. The van der Waals surface area contributed by atoms with Crippen LogP contribution in [-0.4, -0.2) is 24.4 Å². The van der Waals surface area contributed by atoms with E-state index < -0.39 is 0 Å². The van der Waals surface area contributed by atoms with Crippen molar-refractivity contribution in [1.29, 1.82) is 0 Å². The second-order valence-corrected chi connectivity index (χ2v) is 3.12. The number of aromatic amines is 1. The van der Waals surface area contributed by atoms with Gasteiger partial charge in [-0.25, -0.2) is 0 Å². The smallest absolute Gasteiger partial charge is 0.121 e. The van der Waals surface area contributed by atoms with E-state index in [0.717, 1.165) is 28.9 Å². The second-order valence-electron chi connectivity index (χ2n) is 3.12. The van der Waals surface area contributed by atoms with E-state index in [1.165, 1.54) is 0 Å². The van der Waals surface area contributed by atoms with Crippen LogP contribution in [0.15, 0.2) is 18.2 Å². The van der Waals surface area contributed by atoms with Gasteiger partial charge in [0.25, 0.3) is 0 Å². The lowest BCUT2D eigenvalue weighted by Gasteiger charge is -1.99. The lowest BCUT2D eigenvalue weighted by atomic mass is 10.2. The SMILES string of the molecule is CNCc1[nH]nc2cc(OC)ccc12. The van der Waals surface area contributed by atoms with Crippen molar-refractivity contribution in [2.75, 3.05) is 14.2 Å². The Morgan fingerprint density at radius 3 is 3.07 bits per heavy atom. The van der Waals surface area contributed by atoms with Crippen molar-refractivity contribution in [1.82, 2.24) is 15.5 Å². The van der Waals surface area contributed by atoms with E-state index in [-0.39, 0.29) is 0 Å². The van der Waals surface area contributed by atoms with E-state index in [1.54, 1.807) is 7.11 Å². The summed E-state index contributed by atoms with van der Waals surface area (Å²) >= 11 is 0. The zero-order chi connectivity index (χ0) is 9.97. The fourth-order valence-corrected chi connectivity index (χ4v) is 1.49. The van der Waals surface area contributed by atoms with Crippen LogP contribution in [-0.2, 0) is 6.54 Å². The van der Waals surface area contributed by atoms with Crippen molar-refractivity contribution in [3.63, 3.8) is 0 Å². The Labute approximate surface area is 82.3 Å². The molecule has 14 heavy (non-hydrogen) atoms. The first-order valence-corrected chi connectivity index (χ1v) is 4.50. The van der Waals surface area contributed by atoms with Crippen molar-refractivity contribution in [2.24, 2.45) is 0 Å². The summed E-state index contributed by atoms with van der Waals surface area (Å²) in [4.78, 5) is 0. The van der Waals surface area contributed by atoms with Crippen molar-refractivity contribution in [3.05, 3.63) is 23.9 Å². The first kappa shape index (κ1) is 9.02. The third-order valence-electron chi connectivity index (χ3n) is 2.19. The lowest BCUT2D eigenvalue weighted by Crippen LogP contribution is -2.05. The highest BCUT2D eigenvalue weighted by molar-refractivity contribution is 5.82. The van der Waals surface area contributed by atoms with Crippen molar-refractivity contribution in [2.45, 2.75) is 6.54 Å². The van der Waals surface area contributed by atoms with Crippen LogP contribution >= 0.6 is 0 Å². The van der Waals surface area contributed by atoms with Gasteiger partial charge in [0, 0.05) is 18.0 Å². The Kier molecular flexibility index (Phi) is 2.37. The maximum atomic E-state index is 5.12. The Bertz CT molecular complexity index is 436. The molecule has 4 heteroatoms. The van der Waals surface area contributed by atoms with Gasteiger partial charge in [-0.1, -0.05) is 0 Å². The van der Waals surface area contributed by atoms with Crippen molar-refractivity contribution in [3.8, 4) is 5.75 Å². The quantitative estimate of drug-likeness (QED) is 0.768. The van der Waals surface area contributed by atoms with Crippen LogP contribution in [0.4, 0.5) is 0 Å². The predicted molar refractivity (Wildman–Crippen MR) is 55.4 cm³/mol. The maximum absolute atomic E-state index is 5.12. The molecule has 0 saturated carbocycles. The highest BCUT2D eigenvalue weighted by Crippen LogP contribution is 2.21. The van der Waals surface area contributed by atoms with Gasteiger partial charge in [-0.2, -0.15) is 5.10 Å². The number of benzene rings is 1. The summed E-state index contributed by atoms with van der Waals surface area (Å²) in [6, 6.07) is 5.88. The van der Waals surface area contributed by atoms with Gasteiger partial charge >= 0.3 is 0 Å². The molecular weight excluding hydrogens is 178 g/mol. The fraction of sp³-hybridized carbons (Fsp3) is 0.300. The van der Waals surface area contributed by atoms with Crippen LogP contribution in [0, 0.1) is 0 Å². The van der Waals surface area contributed by atoms with E-state index >= 15 is 0 Å². The molecule has 0 amide bonds. The summed E-state index contributed by atoms with van der Waals surface area (Å²) in [6.07, 6.45) is 0. The Morgan fingerprint density at radius 1 is 1.50 bits per heavy atom. The van der Waals surface area contributed by atoms with Gasteiger partial charge in [0.15, 0.2) is 0 Å². The molecule has 2 aromatic rings. The molecule has 0 bridgehead atoms. The van der Waals surface area contributed by atoms with Crippen molar-refractivity contribution >= 4 is 10.9 Å². The molecule has 4 nitrogen and oxygen atoms in total. The average Bonchev–Trinajstić information content (AvgIpc) is 2.61. The first-order chi connectivity index (χ1) is 6.85. The van der Waals surface area contributed by atoms with Crippen LogP contribution in [0.3, 0.4) is 0 Å². The molecule has 0 atom stereocenters. The topological polar surface area (TPSA) is 49.9 Å². The number of H-pyrrole nitrogens is 1. The van der Waals surface area contributed by atoms with E-state index in [9.17, 15) is 0 Å². The average molecular weight is 191 g/mol. The minimum absolute atomic E-state index is 0.794. The van der Waals surface area contributed by atoms with Gasteiger partial charge in [0.05, 0.1) is 18.3 Å². The molecule has 0 aliphatic heterocycles. The molecule has 0 aliphatic carbocycles. The number of nitrogens with zero attached hydrogens (tertiary/aromatic N) is 1. The molecule has 2 rings (SSSR count). The monoisotopic (exact) mass is 191 g/mol. The third-order valence-corrected chi connectivity index (χ3v) is 2.19. The van der Waals surface area contributed by atoms with E-state index in [0.29, 0.717) is 0 Å². The molecule has 1 heterocycles. The van der Waals surface area contributed by atoms with Gasteiger partial charge in [-0.3, -0.25) is 5.10 Å². The Balaban J connectivity index is 2.48. The number of rotatable bonds is 3. The zero-order valence-electron chi connectivity index (χ0n) is 8.29. The number of nitrogens with one attached hydrogen (secondary N) is 2. The summed E-state index contributed by atoms with van der Waals surface area (Å²) in [7, 11) is 3.57. The molecule has 0 saturated heterocycles. The normalized spacial score (nSPS) is 10.7. The van der Waals surface area contributed by atoms with Crippen LogP contribution in [0.5, 0.6) is 5.75 Å². The predicted octanol–water partition coefficient (Wildman–Crippen LogP) is 1.29. The number of fused-ring (bicyclic) bond motifs is 1. The van der Waals surface area contributed by atoms with Crippen LogP contribution in [0.2, 0.25) is 0 Å². The molecular formula is C10H13N3O.